The van der Waals surface area contributed by atoms with Gasteiger partial charge in [-0.1, -0.05) is 13.8 Å². The Kier molecular flexibility index (Phi) is 6.80. The molecule has 2 saturated heterocycles. The van der Waals surface area contributed by atoms with Crippen LogP contribution in [0.4, 0.5) is 5.95 Å². The Morgan fingerprint density at radius 3 is 2.50 bits per heavy atom. The summed E-state index contributed by atoms with van der Waals surface area (Å²) in [5.41, 5.74) is 0.516. The lowest BCUT2D eigenvalue weighted by molar-refractivity contribution is 0.0946. The molecule has 3 heterocycles. The van der Waals surface area contributed by atoms with Crippen molar-refractivity contribution in [3.05, 3.63) is 18.0 Å². The lowest BCUT2D eigenvalue weighted by Gasteiger charge is -2.34. The van der Waals surface area contributed by atoms with Crippen molar-refractivity contribution in [1.82, 2.24) is 20.2 Å². The van der Waals surface area contributed by atoms with Crippen LogP contribution in [0.3, 0.4) is 0 Å². The number of rotatable bonds is 6. The van der Waals surface area contributed by atoms with Crippen LogP contribution in [0.25, 0.3) is 0 Å². The Morgan fingerprint density at radius 2 is 1.85 bits per heavy atom. The lowest BCUT2D eigenvalue weighted by atomic mass is 9.92. The third-order valence-corrected chi connectivity index (χ3v) is 5.08. The van der Waals surface area contributed by atoms with Crippen LogP contribution >= 0.6 is 0 Å². The molecular formula is C19H31N5O2. The number of aromatic nitrogens is 2. The van der Waals surface area contributed by atoms with Gasteiger partial charge in [0.1, 0.15) is 0 Å². The first kappa shape index (κ1) is 19.0. The zero-order chi connectivity index (χ0) is 18.4. The second-order valence-electron chi connectivity index (χ2n) is 7.69. The molecule has 2 aliphatic heterocycles. The number of nitrogens with zero attached hydrogens (tertiary/aromatic N) is 4. The quantitative estimate of drug-likeness (QED) is 0.773. The minimum atomic E-state index is -0.0982. The largest absolute Gasteiger partial charge is 0.378 e. The van der Waals surface area contributed by atoms with Gasteiger partial charge in [0.25, 0.3) is 5.91 Å². The van der Waals surface area contributed by atoms with Gasteiger partial charge < -0.3 is 19.9 Å². The van der Waals surface area contributed by atoms with Gasteiger partial charge in [-0.05, 0) is 31.2 Å². The number of nitrogens with one attached hydrogen (secondary N) is 1. The van der Waals surface area contributed by atoms with E-state index < -0.39 is 0 Å². The minimum absolute atomic E-state index is 0.0982. The zero-order valence-electron chi connectivity index (χ0n) is 16.0. The van der Waals surface area contributed by atoms with Gasteiger partial charge in [-0.3, -0.25) is 4.79 Å². The van der Waals surface area contributed by atoms with Gasteiger partial charge in [0.2, 0.25) is 5.95 Å². The second-order valence-corrected chi connectivity index (χ2v) is 7.69. The van der Waals surface area contributed by atoms with Crippen molar-refractivity contribution in [2.45, 2.75) is 26.7 Å². The molecule has 0 unspecified atom stereocenters. The number of piperidine rings is 1. The van der Waals surface area contributed by atoms with Crippen LogP contribution in [0.1, 0.15) is 37.0 Å². The number of hydrogen-bond acceptors (Lipinski definition) is 6. The molecule has 0 aliphatic carbocycles. The summed E-state index contributed by atoms with van der Waals surface area (Å²) < 4.78 is 5.33. The minimum Gasteiger partial charge on any atom is -0.378 e. The van der Waals surface area contributed by atoms with E-state index >= 15 is 0 Å². The first-order valence-corrected chi connectivity index (χ1v) is 9.77. The third-order valence-electron chi connectivity index (χ3n) is 5.08. The highest BCUT2D eigenvalue weighted by molar-refractivity contribution is 5.93. The Labute approximate surface area is 156 Å². The number of anilines is 1. The maximum atomic E-state index is 12.2. The molecular weight excluding hydrogens is 330 g/mol. The number of likely N-dealkylation sites (tertiary alicyclic amines) is 1. The Hall–Kier alpha value is -1.73. The molecule has 1 aromatic rings. The lowest BCUT2D eigenvalue weighted by Crippen LogP contribution is -2.40. The van der Waals surface area contributed by atoms with Crippen LogP contribution in [0, 0.1) is 11.8 Å². The molecule has 0 saturated carbocycles. The van der Waals surface area contributed by atoms with E-state index in [1.54, 1.807) is 12.4 Å². The molecule has 0 radical (unpaired) electrons. The first-order chi connectivity index (χ1) is 12.6. The molecule has 7 heteroatoms. The van der Waals surface area contributed by atoms with Crippen LogP contribution in [0.15, 0.2) is 12.4 Å². The van der Waals surface area contributed by atoms with Gasteiger partial charge in [0.05, 0.1) is 18.8 Å². The van der Waals surface area contributed by atoms with E-state index in [0.29, 0.717) is 31.3 Å². The maximum absolute atomic E-state index is 12.2. The molecule has 2 fully saturated rings. The number of amides is 1. The number of carbonyl (C=O) groups excluding carboxylic acids is 1. The normalized spacial score (nSPS) is 24.5. The van der Waals surface area contributed by atoms with Crippen molar-refractivity contribution in [1.29, 1.82) is 0 Å². The van der Waals surface area contributed by atoms with Crippen LogP contribution < -0.4 is 10.2 Å². The molecule has 26 heavy (non-hydrogen) atoms. The van der Waals surface area contributed by atoms with Crippen LogP contribution in [0.5, 0.6) is 0 Å². The molecule has 1 aromatic heterocycles. The third kappa shape index (κ3) is 5.38. The summed E-state index contributed by atoms with van der Waals surface area (Å²) in [5.74, 6) is 2.11. The zero-order valence-corrected chi connectivity index (χ0v) is 16.0. The molecule has 0 spiro atoms. The summed E-state index contributed by atoms with van der Waals surface area (Å²) in [6.45, 7) is 11.7. The van der Waals surface area contributed by atoms with Crippen molar-refractivity contribution < 1.29 is 9.53 Å². The fourth-order valence-corrected chi connectivity index (χ4v) is 3.95. The van der Waals surface area contributed by atoms with Gasteiger partial charge in [-0.2, -0.15) is 0 Å². The fourth-order valence-electron chi connectivity index (χ4n) is 3.95. The fraction of sp³-hybridized carbons (Fsp3) is 0.737. The summed E-state index contributed by atoms with van der Waals surface area (Å²) in [6, 6.07) is 0. The van der Waals surface area contributed by atoms with E-state index in [1.165, 1.54) is 19.5 Å². The smallest absolute Gasteiger partial charge is 0.254 e. The van der Waals surface area contributed by atoms with Crippen molar-refractivity contribution >= 4 is 11.9 Å². The molecule has 7 nitrogen and oxygen atoms in total. The first-order valence-electron chi connectivity index (χ1n) is 9.77. The Balaban J connectivity index is 1.39. The van der Waals surface area contributed by atoms with Gasteiger partial charge >= 0.3 is 0 Å². The topological polar surface area (TPSA) is 70.6 Å². The highest BCUT2D eigenvalue weighted by Gasteiger charge is 2.21. The summed E-state index contributed by atoms with van der Waals surface area (Å²) in [7, 11) is 0. The number of carbonyl (C=O) groups is 1. The van der Waals surface area contributed by atoms with Gasteiger partial charge in [-0.25, -0.2) is 9.97 Å². The summed E-state index contributed by atoms with van der Waals surface area (Å²) in [5, 5.41) is 2.98. The van der Waals surface area contributed by atoms with Crippen molar-refractivity contribution in [3.8, 4) is 0 Å². The average Bonchev–Trinajstić information content (AvgIpc) is 2.65. The van der Waals surface area contributed by atoms with Crippen LogP contribution in [-0.4, -0.2) is 73.3 Å². The Bertz CT molecular complexity index is 564. The standard InChI is InChI=1S/C19H31N5O2/c1-15-10-16(2)14-23(13-15)5-3-4-20-18(25)17-11-21-19(22-12-17)24-6-8-26-9-7-24/h11-12,15-16H,3-10,13-14H2,1-2H3,(H,20,25)/t15-,16-/m0/s1. The number of morpholine rings is 1. The predicted octanol–water partition coefficient (Wildman–Crippen LogP) is 1.41. The summed E-state index contributed by atoms with van der Waals surface area (Å²) in [6.07, 6.45) is 5.52. The van der Waals surface area contributed by atoms with E-state index in [-0.39, 0.29) is 5.91 Å². The molecule has 2 aliphatic rings. The van der Waals surface area contributed by atoms with Gasteiger partial charge in [0, 0.05) is 45.1 Å². The van der Waals surface area contributed by atoms with E-state index in [1.807, 2.05) is 0 Å². The molecule has 3 rings (SSSR count). The van der Waals surface area contributed by atoms with E-state index in [9.17, 15) is 4.79 Å². The SMILES string of the molecule is C[C@H]1C[C@H](C)CN(CCCNC(=O)c2cnc(N3CCOCC3)nc2)C1. The van der Waals surface area contributed by atoms with Crippen LogP contribution in [-0.2, 0) is 4.74 Å². The van der Waals surface area contributed by atoms with Crippen LogP contribution in [0.2, 0.25) is 0 Å². The molecule has 144 valence electrons. The average molecular weight is 361 g/mol. The number of hydrogen-bond donors (Lipinski definition) is 1. The van der Waals surface area contributed by atoms with E-state index in [0.717, 1.165) is 37.9 Å². The van der Waals surface area contributed by atoms with Crippen molar-refractivity contribution in [2.75, 3.05) is 57.4 Å². The summed E-state index contributed by atoms with van der Waals surface area (Å²) >= 11 is 0. The molecule has 1 amide bonds. The Morgan fingerprint density at radius 1 is 1.19 bits per heavy atom. The second kappa shape index (κ2) is 9.28. The van der Waals surface area contributed by atoms with Crippen molar-refractivity contribution in [2.24, 2.45) is 11.8 Å². The molecule has 1 N–H and O–H groups in total. The van der Waals surface area contributed by atoms with Gasteiger partial charge in [0.15, 0.2) is 0 Å². The monoisotopic (exact) mass is 361 g/mol. The molecule has 2 atom stereocenters. The van der Waals surface area contributed by atoms with Crippen molar-refractivity contribution in [3.63, 3.8) is 0 Å². The van der Waals surface area contributed by atoms with E-state index in [2.05, 4.69) is 38.9 Å². The molecule has 0 aromatic carbocycles. The highest BCUT2D eigenvalue weighted by Crippen LogP contribution is 2.20. The highest BCUT2D eigenvalue weighted by atomic mass is 16.5. The maximum Gasteiger partial charge on any atom is 0.254 e. The van der Waals surface area contributed by atoms with Gasteiger partial charge in [-0.15, -0.1) is 0 Å². The summed E-state index contributed by atoms with van der Waals surface area (Å²) in [4.78, 5) is 25.5. The van der Waals surface area contributed by atoms with E-state index in [4.69, 9.17) is 4.74 Å². The predicted molar refractivity (Wildman–Crippen MR) is 101 cm³/mol. The number of ether oxygens (including phenoxy) is 1. The molecule has 0 bridgehead atoms.